The molecule has 0 saturated carbocycles. The summed E-state index contributed by atoms with van der Waals surface area (Å²) in [5, 5.41) is 0. The van der Waals surface area contributed by atoms with E-state index in [4.69, 9.17) is 18.9 Å². The topological polar surface area (TPSA) is 71.1 Å². The Morgan fingerprint density at radius 3 is 2.25 bits per heavy atom. The van der Waals surface area contributed by atoms with Gasteiger partial charge in [0.05, 0.1) is 10.0 Å². The van der Waals surface area contributed by atoms with Crippen molar-refractivity contribution in [3.05, 3.63) is 86.8 Å². The van der Waals surface area contributed by atoms with E-state index in [-0.39, 0.29) is 19.8 Å². The summed E-state index contributed by atoms with van der Waals surface area (Å²) in [4.78, 5) is 24.2. The highest BCUT2D eigenvalue weighted by molar-refractivity contribution is 9.11. The van der Waals surface area contributed by atoms with Gasteiger partial charge in [0, 0.05) is 4.47 Å². The molecule has 0 aliphatic heterocycles. The minimum atomic E-state index is -0.562. The van der Waals surface area contributed by atoms with E-state index >= 15 is 0 Å². The molecule has 0 amide bonds. The van der Waals surface area contributed by atoms with Gasteiger partial charge in [-0.25, -0.2) is 9.59 Å². The standard InChI is InChI=1S/C24H20Br2O6/c1-16-13-18(25)14-21(26)23(16)31-15-22(27)32-20-9-7-17(8-10-20)24(28)30-12-11-29-19-5-3-2-4-6-19/h2-10,13-14H,11-12,15H2,1H3. The maximum Gasteiger partial charge on any atom is 0.349 e. The molecule has 32 heavy (non-hydrogen) atoms. The molecule has 0 unspecified atom stereocenters. The summed E-state index contributed by atoms with van der Waals surface area (Å²) in [6, 6.07) is 19.1. The predicted octanol–water partition coefficient (Wildman–Crippen LogP) is 5.74. The first-order valence-corrected chi connectivity index (χ1v) is 11.2. The number of aryl methyl sites for hydroxylation is 1. The molecule has 0 aliphatic carbocycles. The monoisotopic (exact) mass is 562 g/mol. The van der Waals surface area contributed by atoms with Crippen LogP contribution in [0.25, 0.3) is 0 Å². The van der Waals surface area contributed by atoms with Crippen molar-refractivity contribution in [2.75, 3.05) is 19.8 Å². The zero-order chi connectivity index (χ0) is 22.9. The Hall–Kier alpha value is -2.84. The largest absolute Gasteiger partial charge is 0.490 e. The number of carbonyl (C=O) groups is 2. The van der Waals surface area contributed by atoms with Gasteiger partial charge in [-0.3, -0.25) is 0 Å². The third-order valence-corrected chi connectivity index (χ3v) is 5.23. The molecule has 6 nitrogen and oxygen atoms in total. The molecular formula is C24H20Br2O6. The van der Waals surface area contributed by atoms with Crippen LogP contribution in [0, 0.1) is 6.92 Å². The van der Waals surface area contributed by atoms with Crippen LogP contribution in [0.2, 0.25) is 0 Å². The fourth-order valence-corrected chi connectivity index (χ4v) is 4.27. The number of hydrogen-bond donors (Lipinski definition) is 0. The lowest BCUT2D eigenvalue weighted by molar-refractivity contribution is -0.136. The normalized spacial score (nSPS) is 10.3. The van der Waals surface area contributed by atoms with Crippen molar-refractivity contribution >= 4 is 43.8 Å². The fraction of sp³-hybridized carbons (Fsp3) is 0.167. The van der Waals surface area contributed by atoms with E-state index in [0.29, 0.717) is 22.8 Å². The number of hydrogen-bond acceptors (Lipinski definition) is 6. The first-order chi connectivity index (χ1) is 15.4. The number of benzene rings is 3. The van der Waals surface area contributed by atoms with E-state index in [2.05, 4.69) is 31.9 Å². The van der Waals surface area contributed by atoms with Gasteiger partial charge in [-0.05, 0) is 76.9 Å². The van der Waals surface area contributed by atoms with Crippen molar-refractivity contribution < 1.29 is 28.5 Å². The van der Waals surface area contributed by atoms with Crippen LogP contribution in [0.4, 0.5) is 0 Å². The Morgan fingerprint density at radius 1 is 0.844 bits per heavy atom. The Bertz CT molecular complexity index is 1040. The maximum absolute atomic E-state index is 12.1. The van der Waals surface area contributed by atoms with Crippen LogP contribution < -0.4 is 14.2 Å². The lowest BCUT2D eigenvalue weighted by atomic mass is 10.2. The number of esters is 2. The van der Waals surface area contributed by atoms with Crippen LogP contribution in [0.3, 0.4) is 0 Å². The van der Waals surface area contributed by atoms with Crippen molar-refractivity contribution in [3.8, 4) is 17.2 Å². The molecule has 3 aromatic rings. The van der Waals surface area contributed by atoms with Crippen LogP contribution in [0.1, 0.15) is 15.9 Å². The van der Waals surface area contributed by atoms with Gasteiger partial charge in [-0.2, -0.15) is 0 Å². The molecule has 8 heteroatoms. The number of halogens is 2. The first kappa shape index (κ1) is 23.8. The molecule has 0 saturated heterocycles. The van der Waals surface area contributed by atoms with Crippen LogP contribution in [0.5, 0.6) is 17.2 Å². The summed E-state index contributed by atoms with van der Waals surface area (Å²) >= 11 is 6.81. The van der Waals surface area contributed by atoms with Crippen molar-refractivity contribution in [3.63, 3.8) is 0 Å². The minimum absolute atomic E-state index is 0.118. The summed E-state index contributed by atoms with van der Waals surface area (Å²) in [7, 11) is 0. The van der Waals surface area contributed by atoms with Crippen LogP contribution in [-0.4, -0.2) is 31.8 Å². The zero-order valence-corrected chi connectivity index (χ0v) is 20.3. The molecule has 0 spiro atoms. The van der Waals surface area contributed by atoms with Gasteiger partial charge in [0.2, 0.25) is 0 Å². The lowest BCUT2D eigenvalue weighted by Gasteiger charge is -2.11. The second-order valence-corrected chi connectivity index (χ2v) is 8.39. The summed E-state index contributed by atoms with van der Waals surface area (Å²) in [5.74, 6) is 0.529. The van der Waals surface area contributed by atoms with E-state index in [1.807, 2.05) is 49.4 Å². The van der Waals surface area contributed by atoms with Gasteiger partial charge in [-0.15, -0.1) is 0 Å². The molecule has 0 N–H and O–H groups in total. The number of ether oxygens (including phenoxy) is 4. The second kappa shape index (κ2) is 11.7. The molecule has 0 aliphatic rings. The van der Waals surface area contributed by atoms with Crippen molar-refractivity contribution in [2.45, 2.75) is 6.92 Å². The van der Waals surface area contributed by atoms with Gasteiger partial charge in [0.15, 0.2) is 6.61 Å². The highest BCUT2D eigenvalue weighted by Crippen LogP contribution is 2.32. The highest BCUT2D eigenvalue weighted by Gasteiger charge is 2.12. The summed E-state index contributed by atoms with van der Waals surface area (Å²) in [5.41, 5.74) is 1.21. The SMILES string of the molecule is Cc1cc(Br)cc(Br)c1OCC(=O)Oc1ccc(C(=O)OCCOc2ccccc2)cc1. The third-order valence-electron chi connectivity index (χ3n) is 4.18. The van der Waals surface area contributed by atoms with E-state index < -0.39 is 11.9 Å². The summed E-state index contributed by atoms with van der Waals surface area (Å²) < 4.78 is 23.1. The summed E-state index contributed by atoms with van der Waals surface area (Å²) in [6.45, 7) is 1.99. The Balaban J connectivity index is 1.43. The smallest absolute Gasteiger partial charge is 0.349 e. The number of para-hydroxylation sites is 1. The lowest BCUT2D eigenvalue weighted by Crippen LogP contribution is -2.18. The molecular weight excluding hydrogens is 544 g/mol. The average molecular weight is 564 g/mol. The Kier molecular flexibility index (Phi) is 8.70. The first-order valence-electron chi connectivity index (χ1n) is 9.66. The van der Waals surface area contributed by atoms with Crippen LogP contribution >= 0.6 is 31.9 Å². The summed E-state index contributed by atoms with van der Waals surface area (Å²) in [6.07, 6.45) is 0. The predicted molar refractivity (Wildman–Crippen MR) is 126 cm³/mol. The van der Waals surface area contributed by atoms with Gasteiger partial charge in [-0.1, -0.05) is 34.1 Å². The molecule has 0 fully saturated rings. The molecule has 0 aromatic heterocycles. The molecule has 3 aromatic carbocycles. The highest BCUT2D eigenvalue weighted by atomic mass is 79.9. The maximum atomic E-state index is 12.1. The van der Waals surface area contributed by atoms with Gasteiger partial charge >= 0.3 is 11.9 Å². The molecule has 0 atom stereocenters. The minimum Gasteiger partial charge on any atom is -0.490 e. The quantitative estimate of drug-likeness (QED) is 0.188. The van der Waals surface area contributed by atoms with Gasteiger partial charge in [0.1, 0.15) is 30.5 Å². The second-order valence-electron chi connectivity index (χ2n) is 6.62. The molecule has 3 rings (SSSR count). The number of rotatable bonds is 9. The van der Waals surface area contributed by atoms with Crippen molar-refractivity contribution in [1.82, 2.24) is 0 Å². The van der Waals surface area contributed by atoms with Crippen LogP contribution in [0.15, 0.2) is 75.7 Å². The fourth-order valence-electron chi connectivity index (χ4n) is 2.72. The van der Waals surface area contributed by atoms with Crippen molar-refractivity contribution in [2.24, 2.45) is 0 Å². The molecule has 0 bridgehead atoms. The van der Waals surface area contributed by atoms with E-state index in [1.54, 1.807) is 0 Å². The van der Waals surface area contributed by atoms with Gasteiger partial charge < -0.3 is 18.9 Å². The van der Waals surface area contributed by atoms with E-state index in [1.165, 1.54) is 24.3 Å². The molecule has 0 heterocycles. The molecule has 0 radical (unpaired) electrons. The van der Waals surface area contributed by atoms with Gasteiger partial charge in [0.25, 0.3) is 0 Å². The Morgan fingerprint density at radius 2 is 1.56 bits per heavy atom. The Labute approximate surface area is 202 Å². The number of carbonyl (C=O) groups excluding carboxylic acids is 2. The van der Waals surface area contributed by atoms with E-state index in [0.717, 1.165) is 14.5 Å². The average Bonchev–Trinajstić information content (AvgIpc) is 2.77. The van der Waals surface area contributed by atoms with E-state index in [9.17, 15) is 9.59 Å². The molecule has 166 valence electrons. The van der Waals surface area contributed by atoms with Crippen LogP contribution in [-0.2, 0) is 9.53 Å². The zero-order valence-electron chi connectivity index (χ0n) is 17.2. The van der Waals surface area contributed by atoms with Crippen molar-refractivity contribution in [1.29, 1.82) is 0 Å². The third kappa shape index (κ3) is 7.10.